The lowest BCUT2D eigenvalue weighted by Gasteiger charge is -2.36. The summed E-state index contributed by atoms with van der Waals surface area (Å²) in [6.07, 6.45) is 6.38. The highest BCUT2D eigenvalue weighted by atomic mass is 32.1. The molecule has 6 heteroatoms. The summed E-state index contributed by atoms with van der Waals surface area (Å²) < 4.78 is 0. The summed E-state index contributed by atoms with van der Waals surface area (Å²) in [7, 11) is 0. The Balaban J connectivity index is 2.34. The fourth-order valence-corrected chi connectivity index (χ4v) is 2.33. The molecule has 0 aliphatic carbocycles. The minimum Gasteiger partial charge on any atom is -0.394 e. The highest BCUT2D eigenvalue weighted by Gasteiger charge is 2.25. The van der Waals surface area contributed by atoms with Gasteiger partial charge in [-0.05, 0) is 19.3 Å². The molecule has 0 spiro atoms. The predicted octanol–water partition coefficient (Wildman–Crippen LogP) is 0.462. The van der Waals surface area contributed by atoms with Gasteiger partial charge >= 0.3 is 0 Å². The summed E-state index contributed by atoms with van der Waals surface area (Å²) in [5.74, 6) is 0.693. The molecule has 2 rings (SSSR count). The SMILES string of the molecule is NC(=S)c1nccnc1N1CCCCC1CO. The van der Waals surface area contributed by atoms with E-state index in [4.69, 9.17) is 18.0 Å². The molecule has 1 fully saturated rings. The molecule has 1 unspecified atom stereocenters. The zero-order valence-corrected chi connectivity index (χ0v) is 10.4. The Labute approximate surface area is 106 Å². The first kappa shape index (κ1) is 12.2. The van der Waals surface area contributed by atoms with E-state index in [1.54, 1.807) is 12.4 Å². The van der Waals surface area contributed by atoms with E-state index in [9.17, 15) is 5.11 Å². The van der Waals surface area contributed by atoms with Crippen molar-refractivity contribution in [2.45, 2.75) is 25.3 Å². The van der Waals surface area contributed by atoms with E-state index in [1.165, 1.54) is 0 Å². The summed E-state index contributed by atoms with van der Waals surface area (Å²) in [6, 6.07) is 0.0912. The molecule has 0 saturated carbocycles. The van der Waals surface area contributed by atoms with Gasteiger partial charge < -0.3 is 15.7 Å². The number of hydrogen-bond donors (Lipinski definition) is 2. The van der Waals surface area contributed by atoms with Gasteiger partial charge in [-0.15, -0.1) is 0 Å². The van der Waals surface area contributed by atoms with Crippen molar-refractivity contribution in [3.05, 3.63) is 18.1 Å². The lowest BCUT2D eigenvalue weighted by molar-refractivity contribution is 0.239. The lowest BCUT2D eigenvalue weighted by atomic mass is 10.0. The lowest BCUT2D eigenvalue weighted by Crippen LogP contribution is -2.43. The molecule has 0 bridgehead atoms. The number of thiocarbonyl (C=S) groups is 1. The van der Waals surface area contributed by atoms with Crippen molar-refractivity contribution in [2.24, 2.45) is 5.73 Å². The predicted molar refractivity (Wildman–Crippen MR) is 70.0 cm³/mol. The number of aromatic nitrogens is 2. The minimum absolute atomic E-state index is 0.0912. The van der Waals surface area contributed by atoms with E-state index >= 15 is 0 Å². The summed E-state index contributed by atoms with van der Waals surface area (Å²) >= 11 is 4.98. The third-order valence-corrected chi connectivity index (χ3v) is 3.22. The van der Waals surface area contributed by atoms with Gasteiger partial charge in [-0.2, -0.15) is 0 Å². The molecular formula is C11H16N4OS. The fraction of sp³-hybridized carbons (Fsp3) is 0.545. The van der Waals surface area contributed by atoms with Crippen molar-refractivity contribution in [3.8, 4) is 0 Å². The van der Waals surface area contributed by atoms with Crippen molar-refractivity contribution >= 4 is 23.0 Å². The van der Waals surface area contributed by atoms with Crippen molar-refractivity contribution in [3.63, 3.8) is 0 Å². The van der Waals surface area contributed by atoms with Gasteiger partial charge in [-0.3, -0.25) is 0 Å². The van der Waals surface area contributed by atoms with Crippen LogP contribution < -0.4 is 10.6 Å². The first-order valence-electron chi connectivity index (χ1n) is 5.72. The number of aliphatic hydroxyl groups is 1. The minimum atomic E-state index is 0.0912. The van der Waals surface area contributed by atoms with Crippen LogP contribution >= 0.6 is 12.2 Å². The second-order valence-electron chi connectivity index (χ2n) is 4.12. The summed E-state index contributed by atoms with van der Waals surface area (Å²) in [5.41, 5.74) is 6.19. The second-order valence-corrected chi connectivity index (χ2v) is 4.56. The van der Waals surface area contributed by atoms with E-state index in [2.05, 4.69) is 14.9 Å². The van der Waals surface area contributed by atoms with Crippen molar-refractivity contribution in [2.75, 3.05) is 18.1 Å². The largest absolute Gasteiger partial charge is 0.394 e. The zero-order valence-electron chi connectivity index (χ0n) is 9.54. The molecule has 1 aliphatic rings. The first-order chi connectivity index (χ1) is 8.24. The van der Waals surface area contributed by atoms with Crippen LogP contribution in [0.25, 0.3) is 0 Å². The third kappa shape index (κ3) is 2.53. The molecule has 1 atom stereocenters. The molecule has 3 N–H and O–H groups in total. The van der Waals surface area contributed by atoms with Crippen LogP contribution in [0.1, 0.15) is 25.0 Å². The number of hydrogen-bond acceptors (Lipinski definition) is 5. The van der Waals surface area contributed by atoms with Gasteiger partial charge in [-0.25, -0.2) is 9.97 Å². The maximum atomic E-state index is 9.40. The van der Waals surface area contributed by atoms with Crippen LogP contribution in [0.4, 0.5) is 5.82 Å². The Morgan fingerprint density at radius 2 is 2.24 bits per heavy atom. The zero-order chi connectivity index (χ0) is 12.3. The van der Waals surface area contributed by atoms with Crippen LogP contribution in [0.15, 0.2) is 12.4 Å². The van der Waals surface area contributed by atoms with Crippen molar-refractivity contribution in [1.82, 2.24) is 9.97 Å². The maximum Gasteiger partial charge on any atom is 0.157 e. The molecule has 92 valence electrons. The topological polar surface area (TPSA) is 75.3 Å². The number of nitrogens with zero attached hydrogens (tertiary/aromatic N) is 3. The first-order valence-corrected chi connectivity index (χ1v) is 6.13. The van der Waals surface area contributed by atoms with E-state index in [0.717, 1.165) is 25.8 Å². The Morgan fingerprint density at radius 1 is 1.47 bits per heavy atom. The Kier molecular flexibility index (Phi) is 3.86. The van der Waals surface area contributed by atoms with Gasteiger partial charge in [0.2, 0.25) is 0 Å². The number of anilines is 1. The van der Waals surface area contributed by atoms with Crippen LogP contribution in [0, 0.1) is 0 Å². The van der Waals surface area contributed by atoms with E-state index in [-0.39, 0.29) is 17.6 Å². The highest BCUT2D eigenvalue weighted by Crippen LogP contribution is 2.24. The Hall–Kier alpha value is -1.27. The average Bonchev–Trinajstić information content (AvgIpc) is 2.38. The average molecular weight is 252 g/mol. The van der Waals surface area contributed by atoms with Gasteiger partial charge in [0.25, 0.3) is 0 Å². The molecule has 5 nitrogen and oxygen atoms in total. The van der Waals surface area contributed by atoms with Gasteiger partial charge in [0.1, 0.15) is 10.7 Å². The van der Waals surface area contributed by atoms with Crippen LogP contribution in [0.5, 0.6) is 0 Å². The standard InChI is InChI=1S/C11H16N4OS/c12-10(17)9-11(14-5-4-13-9)15-6-2-1-3-8(15)7-16/h4-5,8,16H,1-3,6-7H2,(H2,12,17). The maximum absolute atomic E-state index is 9.40. The summed E-state index contributed by atoms with van der Waals surface area (Å²) in [5, 5.41) is 9.40. The smallest absolute Gasteiger partial charge is 0.157 e. The normalized spacial score (nSPS) is 20.3. The second kappa shape index (κ2) is 5.37. The van der Waals surface area contributed by atoms with Gasteiger partial charge in [-0.1, -0.05) is 12.2 Å². The van der Waals surface area contributed by atoms with E-state index < -0.39 is 0 Å². The number of aliphatic hydroxyl groups excluding tert-OH is 1. The van der Waals surface area contributed by atoms with Gasteiger partial charge in [0.15, 0.2) is 5.82 Å². The molecule has 2 heterocycles. The Morgan fingerprint density at radius 3 is 2.94 bits per heavy atom. The van der Waals surface area contributed by atoms with Crippen molar-refractivity contribution in [1.29, 1.82) is 0 Å². The molecule has 0 aromatic carbocycles. The number of piperidine rings is 1. The van der Waals surface area contributed by atoms with Crippen LogP contribution in [0.3, 0.4) is 0 Å². The number of nitrogens with two attached hydrogens (primary N) is 1. The van der Waals surface area contributed by atoms with E-state index in [1.807, 2.05) is 0 Å². The number of rotatable bonds is 3. The molecular weight excluding hydrogens is 236 g/mol. The molecule has 0 radical (unpaired) electrons. The van der Waals surface area contributed by atoms with Gasteiger partial charge in [0.05, 0.1) is 12.6 Å². The van der Waals surface area contributed by atoms with Crippen LogP contribution in [-0.4, -0.2) is 39.3 Å². The third-order valence-electron chi connectivity index (χ3n) is 3.02. The summed E-state index contributed by atoms with van der Waals surface area (Å²) in [4.78, 5) is 10.8. The van der Waals surface area contributed by atoms with Crippen molar-refractivity contribution < 1.29 is 5.11 Å². The molecule has 1 aromatic heterocycles. The Bertz CT molecular complexity index is 412. The molecule has 0 amide bonds. The van der Waals surface area contributed by atoms with Crippen LogP contribution in [-0.2, 0) is 0 Å². The quantitative estimate of drug-likeness (QED) is 0.761. The molecule has 1 aliphatic heterocycles. The summed E-state index contributed by atoms with van der Waals surface area (Å²) in [6.45, 7) is 0.979. The van der Waals surface area contributed by atoms with Crippen LogP contribution in [0.2, 0.25) is 0 Å². The molecule has 1 saturated heterocycles. The van der Waals surface area contributed by atoms with E-state index in [0.29, 0.717) is 11.5 Å². The van der Waals surface area contributed by atoms with Gasteiger partial charge in [0, 0.05) is 18.9 Å². The fourth-order valence-electron chi connectivity index (χ4n) is 2.18. The molecule has 1 aromatic rings. The highest BCUT2D eigenvalue weighted by molar-refractivity contribution is 7.80. The monoisotopic (exact) mass is 252 g/mol. The molecule has 17 heavy (non-hydrogen) atoms.